The molecule has 25 heavy (non-hydrogen) atoms. The Morgan fingerprint density at radius 3 is 2.56 bits per heavy atom. The van der Waals surface area contributed by atoms with Crippen LogP contribution in [0.3, 0.4) is 0 Å². The molecule has 5 heteroatoms. The van der Waals surface area contributed by atoms with Crippen LogP contribution in [0, 0.1) is 11.8 Å². The van der Waals surface area contributed by atoms with Crippen LogP contribution in [0.2, 0.25) is 0 Å². The maximum absolute atomic E-state index is 12.3. The molecule has 1 amide bonds. The number of rotatable bonds is 5. The molecule has 0 bridgehead atoms. The van der Waals surface area contributed by atoms with E-state index in [0.717, 1.165) is 30.5 Å². The summed E-state index contributed by atoms with van der Waals surface area (Å²) in [5, 5.41) is 3.01. The zero-order valence-electron chi connectivity index (χ0n) is 15.1. The first-order valence-corrected chi connectivity index (χ1v) is 9.43. The fourth-order valence-corrected chi connectivity index (χ4v) is 4.32. The van der Waals surface area contributed by atoms with Crippen molar-refractivity contribution in [3.05, 3.63) is 35.4 Å². The SMILES string of the molecule is COC(=O)c1ccc(CNC(=O)C[NH+]2CC[C@@H]3CCCC[C@@H]3C2)cc1. The smallest absolute Gasteiger partial charge is 0.337 e. The lowest BCUT2D eigenvalue weighted by atomic mass is 9.75. The number of hydrogen-bond acceptors (Lipinski definition) is 3. The third-order valence-corrected chi connectivity index (χ3v) is 5.76. The number of piperidine rings is 1. The average molecular weight is 345 g/mol. The number of esters is 1. The van der Waals surface area contributed by atoms with Gasteiger partial charge in [-0.25, -0.2) is 4.79 Å². The lowest BCUT2D eigenvalue weighted by molar-refractivity contribution is -0.902. The number of hydrogen-bond donors (Lipinski definition) is 2. The normalized spacial score (nSPS) is 25.7. The van der Waals surface area contributed by atoms with Gasteiger partial charge in [0.05, 0.1) is 25.8 Å². The van der Waals surface area contributed by atoms with Crippen molar-refractivity contribution in [1.82, 2.24) is 5.32 Å². The van der Waals surface area contributed by atoms with Crippen molar-refractivity contribution < 1.29 is 19.2 Å². The Balaban J connectivity index is 1.43. The van der Waals surface area contributed by atoms with E-state index in [2.05, 4.69) is 10.1 Å². The Morgan fingerprint density at radius 2 is 1.84 bits per heavy atom. The molecule has 0 radical (unpaired) electrons. The van der Waals surface area contributed by atoms with E-state index in [-0.39, 0.29) is 11.9 Å². The van der Waals surface area contributed by atoms with E-state index in [9.17, 15) is 9.59 Å². The predicted octanol–water partition coefficient (Wildman–Crippen LogP) is 1.18. The van der Waals surface area contributed by atoms with Crippen molar-refractivity contribution in [1.29, 1.82) is 0 Å². The van der Waals surface area contributed by atoms with Crippen molar-refractivity contribution in [2.45, 2.75) is 38.6 Å². The quantitative estimate of drug-likeness (QED) is 0.788. The Morgan fingerprint density at radius 1 is 1.12 bits per heavy atom. The number of ether oxygens (including phenoxy) is 1. The number of amides is 1. The standard InChI is InChI=1S/C20H28N2O3/c1-25-20(24)17-8-6-15(7-9-17)12-21-19(23)14-22-11-10-16-4-2-3-5-18(16)13-22/h6-9,16,18H,2-5,10-14H2,1H3,(H,21,23)/p+1/t16-,18+/m0/s1. The van der Waals surface area contributed by atoms with Crippen LogP contribution in [0.1, 0.15) is 48.0 Å². The second-order valence-electron chi connectivity index (χ2n) is 7.44. The van der Waals surface area contributed by atoms with E-state index in [4.69, 9.17) is 0 Å². The highest BCUT2D eigenvalue weighted by Gasteiger charge is 2.34. The third kappa shape index (κ3) is 4.82. The molecule has 0 spiro atoms. The Hall–Kier alpha value is -1.88. The van der Waals surface area contributed by atoms with Gasteiger partial charge in [0.15, 0.2) is 6.54 Å². The number of carbonyl (C=O) groups is 2. The fourth-order valence-electron chi connectivity index (χ4n) is 4.32. The van der Waals surface area contributed by atoms with Crippen LogP contribution in [-0.4, -0.2) is 38.6 Å². The van der Waals surface area contributed by atoms with Crippen LogP contribution in [0.15, 0.2) is 24.3 Å². The van der Waals surface area contributed by atoms with Crippen molar-refractivity contribution in [2.24, 2.45) is 11.8 Å². The maximum Gasteiger partial charge on any atom is 0.337 e. The summed E-state index contributed by atoms with van der Waals surface area (Å²) in [6.07, 6.45) is 6.78. The second kappa shape index (κ2) is 8.48. The Labute approximate surface area is 149 Å². The maximum atomic E-state index is 12.3. The summed E-state index contributed by atoms with van der Waals surface area (Å²) in [5.74, 6) is 1.51. The molecule has 1 unspecified atom stereocenters. The zero-order valence-corrected chi connectivity index (χ0v) is 15.1. The van der Waals surface area contributed by atoms with Crippen LogP contribution in [0.5, 0.6) is 0 Å². The predicted molar refractivity (Wildman–Crippen MR) is 95.3 cm³/mol. The van der Waals surface area contributed by atoms with E-state index < -0.39 is 0 Å². The van der Waals surface area contributed by atoms with Gasteiger partial charge in [0.1, 0.15) is 0 Å². The molecule has 1 saturated heterocycles. The monoisotopic (exact) mass is 345 g/mol. The molecule has 3 rings (SSSR count). The fraction of sp³-hybridized carbons (Fsp3) is 0.600. The molecular formula is C20H29N2O3+. The van der Waals surface area contributed by atoms with Crippen molar-refractivity contribution in [2.75, 3.05) is 26.7 Å². The molecule has 1 aliphatic heterocycles. The molecule has 1 heterocycles. The number of fused-ring (bicyclic) bond motifs is 1. The van der Waals surface area contributed by atoms with Crippen LogP contribution in [0.25, 0.3) is 0 Å². The molecule has 5 nitrogen and oxygen atoms in total. The largest absolute Gasteiger partial charge is 0.465 e. The Kier molecular flexibility index (Phi) is 6.08. The Bertz CT molecular complexity index is 599. The van der Waals surface area contributed by atoms with E-state index in [0.29, 0.717) is 18.7 Å². The van der Waals surface area contributed by atoms with Gasteiger partial charge in [0.25, 0.3) is 5.91 Å². The number of likely N-dealkylation sites (tertiary alicyclic amines) is 1. The summed E-state index contributed by atoms with van der Waals surface area (Å²) in [4.78, 5) is 25.1. The van der Waals surface area contributed by atoms with Gasteiger partial charge < -0.3 is 15.0 Å². The lowest BCUT2D eigenvalue weighted by Gasteiger charge is -2.38. The molecule has 2 N–H and O–H groups in total. The number of nitrogens with one attached hydrogen (secondary N) is 2. The summed E-state index contributed by atoms with van der Waals surface area (Å²) < 4.78 is 4.69. The van der Waals surface area contributed by atoms with Gasteiger partial charge in [-0.1, -0.05) is 25.0 Å². The summed E-state index contributed by atoms with van der Waals surface area (Å²) in [7, 11) is 1.37. The summed E-state index contributed by atoms with van der Waals surface area (Å²) in [6.45, 7) is 3.36. The average Bonchev–Trinajstić information content (AvgIpc) is 2.66. The highest BCUT2D eigenvalue weighted by atomic mass is 16.5. The second-order valence-corrected chi connectivity index (χ2v) is 7.44. The van der Waals surface area contributed by atoms with Gasteiger partial charge in [-0.15, -0.1) is 0 Å². The molecule has 3 atom stereocenters. The molecule has 2 fully saturated rings. The van der Waals surface area contributed by atoms with Gasteiger partial charge >= 0.3 is 5.97 Å². The number of carbonyl (C=O) groups excluding carboxylic acids is 2. The van der Waals surface area contributed by atoms with Gasteiger partial charge in [0, 0.05) is 12.5 Å². The van der Waals surface area contributed by atoms with Gasteiger partial charge in [-0.2, -0.15) is 0 Å². The zero-order chi connectivity index (χ0) is 17.6. The van der Waals surface area contributed by atoms with E-state index in [1.54, 1.807) is 12.1 Å². The first-order chi connectivity index (χ1) is 12.2. The van der Waals surface area contributed by atoms with Crippen molar-refractivity contribution in [3.8, 4) is 0 Å². The van der Waals surface area contributed by atoms with Crippen LogP contribution in [-0.2, 0) is 16.1 Å². The highest BCUT2D eigenvalue weighted by molar-refractivity contribution is 5.89. The highest BCUT2D eigenvalue weighted by Crippen LogP contribution is 2.32. The van der Waals surface area contributed by atoms with Crippen LogP contribution in [0.4, 0.5) is 0 Å². The van der Waals surface area contributed by atoms with Gasteiger partial charge in [-0.05, 0) is 42.9 Å². The molecular weight excluding hydrogens is 316 g/mol. The number of quaternary nitrogens is 1. The van der Waals surface area contributed by atoms with E-state index in [1.807, 2.05) is 12.1 Å². The molecule has 1 aromatic carbocycles. The molecule has 1 aliphatic carbocycles. The molecule has 2 aliphatic rings. The third-order valence-electron chi connectivity index (χ3n) is 5.76. The first kappa shape index (κ1) is 17.9. The van der Waals surface area contributed by atoms with Crippen molar-refractivity contribution >= 4 is 11.9 Å². The van der Waals surface area contributed by atoms with Gasteiger partial charge in [-0.3, -0.25) is 4.79 Å². The minimum absolute atomic E-state index is 0.112. The summed E-state index contributed by atoms with van der Waals surface area (Å²) in [5.41, 5.74) is 1.51. The summed E-state index contributed by atoms with van der Waals surface area (Å²) >= 11 is 0. The van der Waals surface area contributed by atoms with E-state index in [1.165, 1.54) is 44.1 Å². The summed E-state index contributed by atoms with van der Waals surface area (Å²) in [6, 6.07) is 7.17. The number of methoxy groups -OCH3 is 1. The molecule has 0 aromatic heterocycles. The van der Waals surface area contributed by atoms with Crippen LogP contribution >= 0.6 is 0 Å². The molecule has 136 valence electrons. The van der Waals surface area contributed by atoms with Crippen molar-refractivity contribution in [3.63, 3.8) is 0 Å². The minimum atomic E-state index is -0.342. The van der Waals surface area contributed by atoms with Crippen LogP contribution < -0.4 is 10.2 Å². The molecule has 1 saturated carbocycles. The first-order valence-electron chi connectivity index (χ1n) is 9.43. The minimum Gasteiger partial charge on any atom is -0.465 e. The topological polar surface area (TPSA) is 59.8 Å². The number of benzene rings is 1. The molecule has 1 aromatic rings. The van der Waals surface area contributed by atoms with Gasteiger partial charge in [0.2, 0.25) is 0 Å². The van der Waals surface area contributed by atoms with E-state index >= 15 is 0 Å². The lowest BCUT2D eigenvalue weighted by Crippen LogP contribution is -3.15.